The fraction of sp³-hybridized carbons (Fsp3) is 0.333. The van der Waals surface area contributed by atoms with E-state index < -0.39 is 28.9 Å². The normalized spacial score (nSPS) is 21.6. The quantitative estimate of drug-likeness (QED) is 0.600. The van der Waals surface area contributed by atoms with Crippen molar-refractivity contribution in [2.24, 2.45) is 5.41 Å². The zero-order valence-corrected chi connectivity index (χ0v) is 17.2. The number of carbonyl (C=O) groups is 2. The van der Waals surface area contributed by atoms with E-state index in [1.54, 1.807) is 6.92 Å². The summed E-state index contributed by atoms with van der Waals surface area (Å²) in [6, 6.07) is 7.93. The van der Waals surface area contributed by atoms with Crippen LogP contribution in [0.5, 0.6) is 0 Å². The maximum atomic E-state index is 14.3. The van der Waals surface area contributed by atoms with Gasteiger partial charge in [-0.3, -0.25) is 9.59 Å². The van der Waals surface area contributed by atoms with Gasteiger partial charge in [0.05, 0.1) is 10.4 Å². The number of hydrogen-bond acceptors (Lipinski definition) is 3. The van der Waals surface area contributed by atoms with Gasteiger partial charge in [-0.25, -0.2) is 8.78 Å². The summed E-state index contributed by atoms with van der Waals surface area (Å²) in [5.41, 5.74) is -0.131. The van der Waals surface area contributed by atoms with E-state index in [2.05, 4.69) is 5.32 Å². The third-order valence-corrected chi connectivity index (χ3v) is 6.88. The van der Waals surface area contributed by atoms with Gasteiger partial charge in [0, 0.05) is 21.4 Å². The van der Waals surface area contributed by atoms with Crippen molar-refractivity contribution >= 4 is 40.9 Å². The van der Waals surface area contributed by atoms with Crippen LogP contribution < -0.4 is 5.32 Å². The Balaban J connectivity index is 1.69. The first-order valence-corrected chi connectivity index (χ1v) is 10.4. The van der Waals surface area contributed by atoms with Crippen molar-refractivity contribution in [3.8, 4) is 0 Å². The Kier molecular flexibility index (Phi) is 6.49. The number of aliphatic carboxylic acids is 1. The molecule has 1 amide bonds. The molecule has 1 aliphatic carbocycles. The fourth-order valence-corrected chi connectivity index (χ4v) is 4.64. The topological polar surface area (TPSA) is 66.4 Å². The molecule has 0 atom stereocenters. The Morgan fingerprint density at radius 1 is 1.14 bits per heavy atom. The number of nitrogens with one attached hydrogen (secondary N) is 1. The van der Waals surface area contributed by atoms with Crippen molar-refractivity contribution in [3.05, 3.63) is 58.6 Å². The van der Waals surface area contributed by atoms with Crippen LogP contribution in [0.3, 0.4) is 0 Å². The van der Waals surface area contributed by atoms with Crippen molar-refractivity contribution in [1.82, 2.24) is 0 Å². The minimum atomic E-state index is -0.799. The smallest absolute Gasteiger partial charge is 0.309 e. The van der Waals surface area contributed by atoms with E-state index >= 15 is 0 Å². The number of amides is 1. The molecule has 0 aliphatic heterocycles. The molecule has 3 rings (SSSR count). The Morgan fingerprint density at radius 2 is 1.79 bits per heavy atom. The Bertz CT molecular complexity index is 946. The first-order chi connectivity index (χ1) is 13.7. The van der Waals surface area contributed by atoms with Crippen LogP contribution in [0.2, 0.25) is 5.02 Å². The van der Waals surface area contributed by atoms with Gasteiger partial charge in [0.15, 0.2) is 0 Å². The van der Waals surface area contributed by atoms with Crippen molar-refractivity contribution in [1.29, 1.82) is 0 Å². The third-order valence-electron chi connectivity index (χ3n) is 5.22. The molecule has 2 N–H and O–H groups in total. The fourth-order valence-electron chi connectivity index (χ4n) is 3.25. The predicted molar refractivity (Wildman–Crippen MR) is 110 cm³/mol. The van der Waals surface area contributed by atoms with Crippen LogP contribution >= 0.6 is 23.4 Å². The molecule has 0 saturated heterocycles. The molecular weight excluding hydrogens is 420 g/mol. The highest BCUT2D eigenvalue weighted by atomic mass is 35.5. The van der Waals surface area contributed by atoms with Gasteiger partial charge >= 0.3 is 5.97 Å². The monoisotopic (exact) mass is 439 g/mol. The van der Waals surface area contributed by atoms with E-state index in [-0.39, 0.29) is 15.8 Å². The van der Waals surface area contributed by atoms with Crippen molar-refractivity contribution in [2.45, 2.75) is 42.8 Å². The SMILES string of the molecule is CC1(C(=O)O)CCC(Sc2cc(C(=O)Nc3ccc(F)c(Cl)c3)ccc2F)CC1. The zero-order valence-electron chi connectivity index (χ0n) is 15.7. The lowest BCUT2D eigenvalue weighted by atomic mass is 9.76. The molecule has 0 radical (unpaired) electrons. The molecule has 0 spiro atoms. The van der Waals surface area contributed by atoms with Crippen LogP contribution in [0, 0.1) is 17.0 Å². The van der Waals surface area contributed by atoms with Gasteiger partial charge < -0.3 is 10.4 Å². The van der Waals surface area contributed by atoms with Gasteiger partial charge in [0.25, 0.3) is 5.91 Å². The molecule has 1 fully saturated rings. The van der Waals surface area contributed by atoms with Crippen LogP contribution in [-0.4, -0.2) is 22.2 Å². The van der Waals surface area contributed by atoms with Crippen LogP contribution in [0.25, 0.3) is 0 Å². The predicted octanol–water partition coefficient (Wildman–Crippen LogP) is 6.00. The zero-order chi connectivity index (χ0) is 21.2. The lowest BCUT2D eigenvalue weighted by Crippen LogP contribution is -2.33. The van der Waals surface area contributed by atoms with Crippen molar-refractivity contribution < 1.29 is 23.5 Å². The molecule has 0 heterocycles. The molecule has 8 heteroatoms. The molecule has 0 bridgehead atoms. The first-order valence-electron chi connectivity index (χ1n) is 9.14. The molecule has 2 aromatic carbocycles. The van der Waals surface area contributed by atoms with Crippen LogP contribution in [0.1, 0.15) is 43.0 Å². The number of thioether (sulfide) groups is 1. The summed E-state index contributed by atoms with van der Waals surface area (Å²) in [4.78, 5) is 24.2. The van der Waals surface area contributed by atoms with Crippen LogP contribution in [0.4, 0.5) is 14.5 Å². The molecule has 2 aromatic rings. The highest BCUT2D eigenvalue weighted by Crippen LogP contribution is 2.42. The third kappa shape index (κ3) is 5.08. The van der Waals surface area contributed by atoms with Gasteiger partial charge in [-0.2, -0.15) is 0 Å². The highest BCUT2D eigenvalue weighted by molar-refractivity contribution is 8.00. The standard InChI is InChI=1S/C21H20ClF2NO3S/c1-21(20(27)28)8-6-14(7-9-21)29-18-10-12(2-4-17(18)24)19(26)25-13-3-5-16(23)15(22)11-13/h2-5,10-11,14H,6-9H2,1H3,(H,25,26)(H,27,28). The number of rotatable bonds is 5. The van der Waals surface area contributed by atoms with Crippen molar-refractivity contribution in [3.63, 3.8) is 0 Å². The number of carbonyl (C=O) groups excluding carboxylic acids is 1. The molecule has 0 unspecified atom stereocenters. The highest BCUT2D eigenvalue weighted by Gasteiger charge is 2.37. The average Bonchev–Trinajstić information content (AvgIpc) is 2.68. The number of hydrogen-bond donors (Lipinski definition) is 2. The molecular formula is C21H20ClF2NO3S. The van der Waals surface area contributed by atoms with Gasteiger partial charge in [0.1, 0.15) is 11.6 Å². The van der Waals surface area contributed by atoms with Gasteiger partial charge in [-0.15, -0.1) is 11.8 Å². The van der Waals surface area contributed by atoms with Gasteiger partial charge in [-0.05, 0) is 69.0 Å². The van der Waals surface area contributed by atoms with E-state index in [0.717, 1.165) is 6.07 Å². The summed E-state index contributed by atoms with van der Waals surface area (Å²) in [5, 5.41) is 11.9. The summed E-state index contributed by atoms with van der Waals surface area (Å²) in [6.45, 7) is 1.74. The van der Waals surface area contributed by atoms with Crippen LogP contribution in [0.15, 0.2) is 41.3 Å². The first kappa shape index (κ1) is 21.6. The van der Waals surface area contributed by atoms with Crippen LogP contribution in [-0.2, 0) is 4.79 Å². The Labute approximate surface area is 176 Å². The Morgan fingerprint density at radius 3 is 2.41 bits per heavy atom. The largest absolute Gasteiger partial charge is 0.481 e. The molecule has 29 heavy (non-hydrogen) atoms. The van der Waals surface area contributed by atoms with Gasteiger partial charge in [-0.1, -0.05) is 11.6 Å². The second-order valence-electron chi connectivity index (χ2n) is 7.41. The lowest BCUT2D eigenvalue weighted by molar-refractivity contribution is -0.149. The number of halogens is 3. The molecule has 1 aliphatic rings. The number of carboxylic acid groups (broad SMARTS) is 1. The minimum Gasteiger partial charge on any atom is -0.481 e. The number of carboxylic acids is 1. The van der Waals surface area contributed by atoms with E-state index in [4.69, 9.17) is 11.6 Å². The maximum absolute atomic E-state index is 14.3. The van der Waals surface area contributed by atoms with E-state index in [1.165, 1.54) is 42.1 Å². The van der Waals surface area contributed by atoms with Crippen molar-refractivity contribution in [2.75, 3.05) is 5.32 Å². The summed E-state index contributed by atoms with van der Waals surface area (Å²) < 4.78 is 27.5. The molecule has 154 valence electrons. The van der Waals surface area contributed by atoms with E-state index in [9.17, 15) is 23.5 Å². The maximum Gasteiger partial charge on any atom is 0.309 e. The van der Waals surface area contributed by atoms with Gasteiger partial charge in [0.2, 0.25) is 0 Å². The molecule has 0 aromatic heterocycles. The Hall–Kier alpha value is -2.12. The van der Waals surface area contributed by atoms with E-state index in [1.807, 2.05) is 0 Å². The van der Waals surface area contributed by atoms with E-state index in [0.29, 0.717) is 36.3 Å². The molecule has 1 saturated carbocycles. The second-order valence-corrected chi connectivity index (χ2v) is 9.16. The summed E-state index contributed by atoms with van der Waals surface area (Å²) in [6.07, 6.45) is 2.40. The summed E-state index contributed by atoms with van der Waals surface area (Å²) in [5.74, 6) is -2.28. The summed E-state index contributed by atoms with van der Waals surface area (Å²) >= 11 is 7.05. The average molecular weight is 440 g/mol. The number of benzene rings is 2. The second kappa shape index (κ2) is 8.71. The molecule has 4 nitrogen and oxygen atoms in total. The lowest BCUT2D eigenvalue weighted by Gasteiger charge is -2.33. The minimum absolute atomic E-state index is 0.0890. The number of anilines is 1. The summed E-state index contributed by atoms with van der Waals surface area (Å²) in [7, 11) is 0.